The molecule has 0 atom stereocenters. The van der Waals surface area contributed by atoms with E-state index in [1.807, 2.05) is 32.0 Å². The average molecular weight is 455 g/mol. The van der Waals surface area contributed by atoms with E-state index in [0.717, 1.165) is 11.1 Å². The van der Waals surface area contributed by atoms with Crippen molar-refractivity contribution >= 4 is 27.1 Å². The van der Waals surface area contributed by atoms with Gasteiger partial charge in [-0.25, -0.2) is 8.42 Å². The largest absolute Gasteiger partial charge is 0.493 e. The van der Waals surface area contributed by atoms with Crippen LogP contribution in [0.2, 0.25) is 0 Å². The van der Waals surface area contributed by atoms with Gasteiger partial charge in [0.2, 0.25) is 15.7 Å². The number of amides is 1. The van der Waals surface area contributed by atoms with Gasteiger partial charge in [-0.3, -0.25) is 4.79 Å². The Balaban J connectivity index is 1.93. The zero-order valence-corrected chi connectivity index (χ0v) is 19.2. The fourth-order valence-electron chi connectivity index (χ4n) is 3.35. The first-order valence-electron chi connectivity index (χ1n) is 9.94. The number of nitrogens with one attached hydrogen (secondary N) is 2. The van der Waals surface area contributed by atoms with Crippen LogP contribution in [0.4, 0.5) is 11.4 Å². The summed E-state index contributed by atoms with van der Waals surface area (Å²) >= 11 is 0. The highest BCUT2D eigenvalue weighted by molar-refractivity contribution is 7.91. The molecule has 7 nitrogen and oxygen atoms in total. The fraction of sp³-hybridized carbons (Fsp3) is 0.208. The smallest absolute Gasteiger partial charge is 0.243 e. The lowest BCUT2D eigenvalue weighted by molar-refractivity contribution is -0.114. The molecule has 0 heterocycles. The molecule has 3 aromatic rings. The molecule has 0 aliphatic carbocycles. The third-order valence-corrected chi connectivity index (χ3v) is 6.75. The van der Waals surface area contributed by atoms with E-state index >= 15 is 0 Å². The van der Waals surface area contributed by atoms with Crippen LogP contribution in [0, 0.1) is 13.8 Å². The number of anilines is 2. The fourth-order valence-corrected chi connectivity index (χ4v) is 4.95. The van der Waals surface area contributed by atoms with Crippen molar-refractivity contribution < 1.29 is 22.7 Å². The predicted molar refractivity (Wildman–Crippen MR) is 124 cm³/mol. The lowest BCUT2D eigenvalue weighted by Crippen LogP contribution is -2.23. The van der Waals surface area contributed by atoms with E-state index in [0.29, 0.717) is 5.69 Å². The zero-order chi connectivity index (χ0) is 23.3. The van der Waals surface area contributed by atoms with Crippen molar-refractivity contribution in [3.05, 3.63) is 71.8 Å². The highest BCUT2D eigenvalue weighted by Crippen LogP contribution is 2.42. The molecular formula is C24H26N2O5S. The highest BCUT2D eigenvalue weighted by Gasteiger charge is 2.29. The van der Waals surface area contributed by atoms with E-state index in [9.17, 15) is 13.2 Å². The van der Waals surface area contributed by atoms with Crippen LogP contribution in [0.3, 0.4) is 0 Å². The van der Waals surface area contributed by atoms with Crippen LogP contribution < -0.4 is 20.1 Å². The normalized spacial score (nSPS) is 11.0. The molecule has 0 aromatic heterocycles. The van der Waals surface area contributed by atoms with Crippen LogP contribution in [-0.2, 0) is 14.6 Å². The summed E-state index contributed by atoms with van der Waals surface area (Å²) in [6.45, 7) is 3.75. The van der Waals surface area contributed by atoms with Crippen molar-refractivity contribution in [3.8, 4) is 11.5 Å². The lowest BCUT2D eigenvalue weighted by Gasteiger charge is -2.18. The topological polar surface area (TPSA) is 93.7 Å². The first kappa shape index (κ1) is 23.1. The number of carbonyl (C=O) groups is 1. The SMILES string of the molecule is COc1ccc(NCC(=O)Nc2ccc(C)cc2C)c(S(=O)(=O)c2ccccc2)c1OC. The number of ether oxygens (including phenoxy) is 2. The Morgan fingerprint density at radius 2 is 1.59 bits per heavy atom. The molecule has 0 bridgehead atoms. The predicted octanol–water partition coefficient (Wildman–Crippen LogP) is 4.20. The third kappa shape index (κ3) is 4.86. The molecular weight excluding hydrogens is 428 g/mol. The van der Waals surface area contributed by atoms with Crippen molar-refractivity contribution in [1.29, 1.82) is 0 Å². The summed E-state index contributed by atoms with van der Waals surface area (Å²) in [5.41, 5.74) is 2.98. The summed E-state index contributed by atoms with van der Waals surface area (Å²) in [4.78, 5) is 12.6. The molecule has 2 N–H and O–H groups in total. The Morgan fingerprint density at radius 3 is 2.22 bits per heavy atom. The Bertz CT molecular complexity index is 1220. The minimum absolute atomic E-state index is 0.0659. The maximum Gasteiger partial charge on any atom is 0.243 e. The molecule has 0 aliphatic rings. The molecule has 8 heteroatoms. The second-order valence-corrected chi connectivity index (χ2v) is 9.10. The molecule has 168 valence electrons. The molecule has 0 saturated carbocycles. The molecule has 1 amide bonds. The van der Waals surface area contributed by atoms with Crippen LogP contribution in [0.15, 0.2) is 70.5 Å². The summed E-state index contributed by atoms with van der Waals surface area (Å²) in [7, 11) is -1.16. The van der Waals surface area contributed by atoms with Crippen molar-refractivity contribution in [2.24, 2.45) is 0 Å². The maximum absolute atomic E-state index is 13.4. The lowest BCUT2D eigenvalue weighted by atomic mass is 10.1. The van der Waals surface area contributed by atoms with E-state index in [1.54, 1.807) is 30.3 Å². The van der Waals surface area contributed by atoms with Gasteiger partial charge in [0.05, 0.1) is 31.3 Å². The molecule has 0 fully saturated rings. The Morgan fingerprint density at radius 1 is 0.906 bits per heavy atom. The second kappa shape index (κ2) is 9.74. The van der Waals surface area contributed by atoms with Gasteiger partial charge in [0.25, 0.3) is 0 Å². The quantitative estimate of drug-likeness (QED) is 0.530. The first-order chi connectivity index (χ1) is 15.3. The first-order valence-corrected chi connectivity index (χ1v) is 11.4. The molecule has 32 heavy (non-hydrogen) atoms. The number of hydrogen-bond acceptors (Lipinski definition) is 6. The minimum atomic E-state index is -3.96. The number of carbonyl (C=O) groups excluding carboxylic acids is 1. The van der Waals surface area contributed by atoms with Crippen LogP contribution in [0.25, 0.3) is 0 Å². The second-order valence-electron chi connectivity index (χ2n) is 7.21. The number of rotatable bonds is 8. The number of benzene rings is 3. The molecule has 3 rings (SSSR count). The molecule has 0 radical (unpaired) electrons. The van der Waals surface area contributed by atoms with E-state index in [1.165, 1.54) is 26.4 Å². The van der Waals surface area contributed by atoms with E-state index in [-0.39, 0.29) is 39.4 Å². The van der Waals surface area contributed by atoms with Crippen LogP contribution >= 0.6 is 0 Å². The van der Waals surface area contributed by atoms with Crippen LogP contribution in [0.1, 0.15) is 11.1 Å². The number of sulfone groups is 1. The molecule has 0 unspecified atom stereocenters. The van der Waals surface area contributed by atoms with Crippen molar-refractivity contribution in [2.45, 2.75) is 23.6 Å². The van der Waals surface area contributed by atoms with Gasteiger partial charge < -0.3 is 20.1 Å². The molecule has 0 saturated heterocycles. The average Bonchev–Trinajstić information content (AvgIpc) is 2.79. The van der Waals surface area contributed by atoms with Crippen LogP contribution in [0.5, 0.6) is 11.5 Å². The van der Waals surface area contributed by atoms with Crippen molar-refractivity contribution in [1.82, 2.24) is 0 Å². The number of hydrogen-bond donors (Lipinski definition) is 2. The third-order valence-electron chi connectivity index (χ3n) is 4.92. The van der Waals surface area contributed by atoms with Gasteiger partial charge >= 0.3 is 0 Å². The van der Waals surface area contributed by atoms with E-state index in [2.05, 4.69) is 10.6 Å². The number of aryl methyl sites for hydroxylation is 2. The standard InChI is InChI=1S/C24H26N2O5S/c1-16-10-11-19(17(2)14-16)26-22(27)15-25-20-12-13-21(30-3)23(31-4)24(20)32(28,29)18-8-6-5-7-9-18/h5-14,25H,15H2,1-4H3,(H,26,27). The minimum Gasteiger partial charge on any atom is -0.493 e. The highest BCUT2D eigenvalue weighted by atomic mass is 32.2. The Hall–Kier alpha value is -3.52. The van der Waals surface area contributed by atoms with Crippen molar-refractivity contribution in [2.75, 3.05) is 31.4 Å². The van der Waals surface area contributed by atoms with E-state index in [4.69, 9.17) is 9.47 Å². The van der Waals surface area contributed by atoms with Crippen molar-refractivity contribution in [3.63, 3.8) is 0 Å². The van der Waals surface area contributed by atoms with Gasteiger partial charge in [0, 0.05) is 5.69 Å². The molecule has 0 spiro atoms. The summed E-state index contributed by atoms with van der Waals surface area (Å²) in [5, 5.41) is 5.78. The maximum atomic E-state index is 13.4. The molecule has 0 aliphatic heterocycles. The van der Waals surface area contributed by atoms with Gasteiger partial charge in [0.15, 0.2) is 11.5 Å². The summed E-state index contributed by atoms with van der Waals surface area (Å²) in [6, 6.07) is 16.9. The summed E-state index contributed by atoms with van der Waals surface area (Å²) in [5.74, 6) is 0.0261. The molecule has 3 aromatic carbocycles. The Kier molecular flexibility index (Phi) is 7.05. The van der Waals surface area contributed by atoms with Gasteiger partial charge in [-0.1, -0.05) is 35.9 Å². The van der Waals surface area contributed by atoms with Crippen LogP contribution in [-0.4, -0.2) is 35.1 Å². The van der Waals surface area contributed by atoms with Gasteiger partial charge in [-0.05, 0) is 49.7 Å². The van der Waals surface area contributed by atoms with E-state index < -0.39 is 9.84 Å². The van der Waals surface area contributed by atoms with Gasteiger partial charge in [0.1, 0.15) is 4.90 Å². The zero-order valence-electron chi connectivity index (χ0n) is 18.4. The Labute approximate surface area is 188 Å². The van der Waals surface area contributed by atoms with Gasteiger partial charge in [-0.2, -0.15) is 0 Å². The summed E-state index contributed by atoms with van der Waals surface area (Å²) in [6.07, 6.45) is 0. The summed E-state index contributed by atoms with van der Waals surface area (Å²) < 4.78 is 37.6. The monoisotopic (exact) mass is 454 g/mol. The van der Waals surface area contributed by atoms with Gasteiger partial charge in [-0.15, -0.1) is 0 Å². The number of methoxy groups -OCH3 is 2.